The molecular formula is C16H16Br2N2O4S. The first-order chi connectivity index (χ1) is 11.7. The molecule has 0 aliphatic heterocycles. The average Bonchev–Trinajstić information content (AvgIpc) is 2.52. The number of ether oxygens (including phenoxy) is 1. The van der Waals surface area contributed by atoms with E-state index in [9.17, 15) is 13.2 Å². The summed E-state index contributed by atoms with van der Waals surface area (Å²) < 4.78 is 31.2. The van der Waals surface area contributed by atoms with Crippen LogP contribution in [-0.2, 0) is 14.8 Å². The van der Waals surface area contributed by atoms with E-state index < -0.39 is 15.9 Å². The van der Waals surface area contributed by atoms with E-state index in [1.54, 1.807) is 18.2 Å². The number of benzene rings is 2. The molecule has 0 heterocycles. The minimum atomic E-state index is -3.83. The lowest BCUT2D eigenvalue weighted by Gasteiger charge is -2.12. The lowest BCUT2D eigenvalue weighted by molar-refractivity contribution is -0.123. The van der Waals surface area contributed by atoms with Gasteiger partial charge >= 0.3 is 0 Å². The molecule has 2 aromatic rings. The zero-order valence-corrected chi connectivity index (χ0v) is 17.5. The molecule has 2 rings (SSSR count). The fourth-order valence-electron chi connectivity index (χ4n) is 1.95. The number of hydrogen-bond donors (Lipinski definition) is 2. The highest BCUT2D eigenvalue weighted by atomic mass is 79.9. The third kappa shape index (κ3) is 5.53. The molecule has 0 aliphatic rings. The molecule has 2 N–H and O–H groups in total. The van der Waals surface area contributed by atoms with Gasteiger partial charge in [-0.15, -0.1) is 4.83 Å². The van der Waals surface area contributed by atoms with E-state index in [1.807, 2.05) is 24.7 Å². The summed E-state index contributed by atoms with van der Waals surface area (Å²) in [6, 6.07) is 9.91. The summed E-state index contributed by atoms with van der Waals surface area (Å²) in [5, 5.41) is 0. The van der Waals surface area contributed by atoms with Gasteiger partial charge in [-0.3, -0.25) is 10.2 Å². The summed E-state index contributed by atoms with van der Waals surface area (Å²) in [4.78, 5) is 14.0. The number of carbonyl (C=O) groups excluding carboxylic acids is 1. The van der Waals surface area contributed by atoms with E-state index in [0.29, 0.717) is 10.2 Å². The van der Waals surface area contributed by atoms with Gasteiger partial charge in [0, 0.05) is 4.47 Å². The predicted octanol–water partition coefficient (Wildman–Crippen LogP) is 3.22. The van der Waals surface area contributed by atoms with Gasteiger partial charge in [0.25, 0.3) is 15.9 Å². The van der Waals surface area contributed by atoms with Gasteiger partial charge in [-0.2, -0.15) is 0 Å². The minimum absolute atomic E-state index is 0.0609. The molecule has 0 bridgehead atoms. The normalized spacial score (nSPS) is 11.2. The van der Waals surface area contributed by atoms with Gasteiger partial charge in [-0.05, 0) is 59.6 Å². The Kier molecular flexibility index (Phi) is 6.61. The fourth-order valence-corrected chi connectivity index (χ4v) is 4.36. The minimum Gasteiger partial charge on any atom is -0.482 e. The van der Waals surface area contributed by atoms with E-state index in [1.165, 1.54) is 12.1 Å². The van der Waals surface area contributed by atoms with Crippen molar-refractivity contribution in [3.63, 3.8) is 0 Å². The number of hydrazine groups is 1. The van der Waals surface area contributed by atoms with E-state index in [0.717, 1.165) is 15.6 Å². The van der Waals surface area contributed by atoms with E-state index >= 15 is 0 Å². The van der Waals surface area contributed by atoms with Crippen LogP contribution in [0.4, 0.5) is 0 Å². The molecule has 134 valence electrons. The number of carbonyl (C=O) groups is 1. The molecule has 25 heavy (non-hydrogen) atoms. The summed E-state index contributed by atoms with van der Waals surface area (Å²) in [7, 11) is -3.83. The van der Waals surface area contributed by atoms with Crippen LogP contribution in [0.1, 0.15) is 11.1 Å². The van der Waals surface area contributed by atoms with Crippen LogP contribution in [0.2, 0.25) is 0 Å². The number of amides is 1. The van der Waals surface area contributed by atoms with Crippen molar-refractivity contribution in [3.05, 3.63) is 56.5 Å². The smallest absolute Gasteiger partial charge is 0.272 e. The van der Waals surface area contributed by atoms with Crippen LogP contribution in [-0.4, -0.2) is 20.9 Å². The Morgan fingerprint density at radius 3 is 2.36 bits per heavy atom. The van der Waals surface area contributed by atoms with Gasteiger partial charge in [0.1, 0.15) is 5.75 Å². The number of halogens is 2. The first kappa shape index (κ1) is 19.9. The lowest BCUT2D eigenvalue weighted by atomic mass is 10.2. The molecule has 0 aliphatic carbocycles. The molecule has 9 heteroatoms. The van der Waals surface area contributed by atoms with Crippen molar-refractivity contribution in [2.24, 2.45) is 0 Å². The predicted molar refractivity (Wildman–Crippen MR) is 102 cm³/mol. The Labute approximate surface area is 163 Å². The molecule has 0 saturated heterocycles. The summed E-state index contributed by atoms with van der Waals surface area (Å²) >= 11 is 6.72. The van der Waals surface area contributed by atoms with Crippen LogP contribution < -0.4 is 15.0 Å². The van der Waals surface area contributed by atoms with E-state index in [-0.39, 0.29) is 11.5 Å². The van der Waals surface area contributed by atoms with Gasteiger partial charge in [0.2, 0.25) is 0 Å². The van der Waals surface area contributed by atoms with Gasteiger partial charge < -0.3 is 4.74 Å². The van der Waals surface area contributed by atoms with Crippen molar-refractivity contribution in [1.29, 1.82) is 0 Å². The third-order valence-electron chi connectivity index (χ3n) is 3.20. The maximum Gasteiger partial charge on any atom is 0.272 e. The quantitative estimate of drug-likeness (QED) is 0.607. The topological polar surface area (TPSA) is 84.5 Å². The maximum atomic E-state index is 12.1. The highest BCUT2D eigenvalue weighted by Gasteiger charge is 2.15. The second-order valence-electron chi connectivity index (χ2n) is 5.29. The zero-order chi connectivity index (χ0) is 18.6. The Balaban J connectivity index is 1.94. The highest BCUT2D eigenvalue weighted by Crippen LogP contribution is 2.32. The number of nitrogens with one attached hydrogen (secondary N) is 2. The monoisotopic (exact) mass is 490 g/mol. The maximum absolute atomic E-state index is 12.1. The van der Waals surface area contributed by atoms with Gasteiger partial charge in [0.05, 0.1) is 9.37 Å². The molecule has 1 amide bonds. The second-order valence-corrected chi connectivity index (χ2v) is 8.74. The Morgan fingerprint density at radius 1 is 1.12 bits per heavy atom. The number of sulfonamides is 1. The SMILES string of the molecule is Cc1ccc(S(=O)(=O)NNC(=O)COc2c(C)cc(Br)cc2Br)cc1. The van der Waals surface area contributed by atoms with Gasteiger partial charge in [-0.1, -0.05) is 33.6 Å². The van der Waals surface area contributed by atoms with E-state index in [2.05, 4.69) is 37.3 Å². The number of hydrogen-bond acceptors (Lipinski definition) is 4. The highest BCUT2D eigenvalue weighted by molar-refractivity contribution is 9.11. The van der Waals surface area contributed by atoms with Crippen LogP contribution in [0.15, 0.2) is 50.2 Å². The first-order valence-electron chi connectivity index (χ1n) is 7.15. The molecule has 0 unspecified atom stereocenters. The zero-order valence-electron chi connectivity index (χ0n) is 13.5. The van der Waals surface area contributed by atoms with Crippen molar-refractivity contribution >= 4 is 47.8 Å². The molecule has 0 saturated carbocycles. The standard InChI is InChI=1S/C16H16Br2N2O4S/c1-10-3-5-13(6-4-10)25(22,23)20-19-15(21)9-24-16-11(2)7-12(17)8-14(16)18/h3-8,20H,9H2,1-2H3,(H,19,21). The molecule has 0 atom stereocenters. The third-order valence-corrected chi connectivity index (χ3v) is 5.51. The van der Waals surface area contributed by atoms with Crippen molar-refractivity contribution in [1.82, 2.24) is 10.3 Å². The fraction of sp³-hybridized carbons (Fsp3) is 0.188. The van der Waals surface area contributed by atoms with Crippen molar-refractivity contribution in [2.45, 2.75) is 18.7 Å². The summed E-state index contributed by atoms with van der Waals surface area (Å²) in [6.07, 6.45) is 0. The Hall–Kier alpha value is -1.42. The first-order valence-corrected chi connectivity index (χ1v) is 10.2. The Bertz CT molecular complexity index is 861. The van der Waals surface area contributed by atoms with Crippen molar-refractivity contribution in [2.75, 3.05) is 6.61 Å². The average molecular weight is 492 g/mol. The van der Waals surface area contributed by atoms with Crippen LogP contribution in [0.25, 0.3) is 0 Å². The molecule has 0 aromatic heterocycles. The largest absolute Gasteiger partial charge is 0.482 e. The number of rotatable bonds is 6. The van der Waals surface area contributed by atoms with Gasteiger partial charge in [-0.25, -0.2) is 8.42 Å². The summed E-state index contributed by atoms with van der Waals surface area (Å²) in [5.41, 5.74) is 3.90. The van der Waals surface area contributed by atoms with Crippen LogP contribution in [0.5, 0.6) is 5.75 Å². The molecule has 0 spiro atoms. The second kappa shape index (κ2) is 8.31. The molecule has 0 fully saturated rings. The Morgan fingerprint density at radius 2 is 1.76 bits per heavy atom. The van der Waals surface area contributed by atoms with Crippen LogP contribution >= 0.6 is 31.9 Å². The lowest BCUT2D eigenvalue weighted by Crippen LogP contribution is -2.43. The van der Waals surface area contributed by atoms with Crippen LogP contribution in [0.3, 0.4) is 0 Å². The summed E-state index contributed by atoms with van der Waals surface area (Å²) in [6.45, 7) is 3.35. The summed E-state index contributed by atoms with van der Waals surface area (Å²) in [5.74, 6) is -0.107. The molecule has 6 nitrogen and oxygen atoms in total. The van der Waals surface area contributed by atoms with Crippen molar-refractivity contribution < 1.29 is 17.9 Å². The molecule has 0 radical (unpaired) electrons. The van der Waals surface area contributed by atoms with Crippen molar-refractivity contribution in [3.8, 4) is 5.75 Å². The number of aryl methyl sites for hydroxylation is 2. The van der Waals surface area contributed by atoms with Gasteiger partial charge in [0.15, 0.2) is 6.61 Å². The molecule has 2 aromatic carbocycles. The molecular weight excluding hydrogens is 476 g/mol. The van der Waals surface area contributed by atoms with Crippen LogP contribution in [0, 0.1) is 13.8 Å². The van der Waals surface area contributed by atoms with E-state index in [4.69, 9.17) is 4.74 Å².